The van der Waals surface area contributed by atoms with E-state index < -0.39 is 5.97 Å². The Morgan fingerprint density at radius 2 is 1.84 bits per heavy atom. The second kappa shape index (κ2) is 10.3. The lowest BCUT2D eigenvalue weighted by Gasteiger charge is -2.13. The molecule has 0 atom stereocenters. The first-order chi connectivity index (χ1) is 15.5. The number of hydrogen-bond acceptors (Lipinski definition) is 5. The van der Waals surface area contributed by atoms with Crippen LogP contribution in [0.25, 0.3) is 6.08 Å². The Bertz CT molecular complexity index is 1190. The molecule has 0 bridgehead atoms. The number of carbonyl (C=O) groups excluding carboxylic acids is 1. The van der Waals surface area contributed by atoms with Crippen molar-refractivity contribution in [2.75, 3.05) is 13.7 Å². The van der Waals surface area contributed by atoms with E-state index in [2.05, 4.69) is 55.6 Å². The van der Waals surface area contributed by atoms with Gasteiger partial charge in [-0.25, -0.2) is 9.79 Å². The molecule has 5 nitrogen and oxygen atoms in total. The van der Waals surface area contributed by atoms with Crippen LogP contribution in [0.5, 0.6) is 11.5 Å². The van der Waals surface area contributed by atoms with Gasteiger partial charge in [0.2, 0.25) is 5.90 Å². The molecule has 0 radical (unpaired) electrons. The molecule has 162 valence electrons. The fourth-order valence-corrected chi connectivity index (χ4v) is 4.10. The van der Waals surface area contributed by atoms with Crippen LogP contribution in [0, 0.1) is 3.57 Å². The summed E-state index contributed by atoms with van der Waals surface area (Å²) >= 11 is 5.78. The molecule has 1 aliphatic heterocycles. The van der Waals surface area contributed by atoms with Gasteiger partial charge in [0.05, 0.1) is 18.2 Å². The second-order valence-corrected chi connectivity index (χ2v) is 9.06. The Morgan fingerprint density at radius 1 is 1.09 bits per heavy atom. The number of esters is 1. The van der Waals surface area contributed by atoms with E-state index in [1.165, 1.54) is 5.56 Å². The van der Waals surface area contributed by atoms with E-state index in [1.807, 2.05) is 48.5 Å². The number of aliphatic imine (C=N–C) groups is 1. The van der Waals surface area contributed by atoms with E-state index in [4.69, 9.17) is 14.2 Å². The lowest BCUT2D eigenvalue weighted by atomic mass is 10.1. The Balaban J connectivity index is 1.53. The van der Waals surface area contributed by atoms with Crippen molar-refractivity contribution in [3.05, 3.63) is 97.2 Å². The molecule has 0 fully saturated rings. The highest BCUT2D eigenvalue weighted by atomic mass is 127. The summed E-state index contributed by atoms with van der Waals surface area (Å²) in [5.41, 5.74) is 2.92. The molecule has 7 heteroatoms. The Labute approximate surface area is 208 Å². The molecule has 0 spiro atoms. The number of methoxy groups -OCH3 is 1. The third kappa shape index (κ3) is 5.39. The van der Waals surface area contributed by atoms with Crippen LogP contribution in [0.4, 0.5) is 0 Å². The molecule has 0 aromatic heterocycles. The average Bonchev–Trinajstić information content (AvgIpc) is 3.16. The number of hydrogen-bond donors (Lipinski definition) is 0. The number of halogens is 2. The monoisotopic (exact) mass is 603 g/mol. The average molecular weight is 604 g/mol. The van der Waals surface area contributed by atoms with Crippen LogP contribution in [0.1, 0.15) is 16.7 Å². The first kappa shape index (κ1) is 22.5. The molecule has 3 aromatic rings. The molecule has 32 heavy (non-hydrogen) atoms. The van der Waals surface area contributed by atoms with Gasteiger partial charge in [-0.15, -0.1) is 0 Å². The summed E-state index contributed by atoms with van der Waals surface area (Å²) in [5.74, 6) is 0.983. The van der Waals surface area contributed by atoms with Gasteiger partial charge in [-0.05, 0) is 92.1 Å². The highest BCUT2D eigenvalue weighted by Crippen LogP contribution is 2.37. The Kier molecular flexibility index (Phi) is 7.26. The van der Waals surface area contributed by atoms with Gasteiger partial charge in [0.1, 0.15) is 0 Å². The van der Waals surface area contributed by atoms with Crippen LogP contribution >= 0.6 is 38.5 Å². The van der Waals surface area contributed by atoms with E-state index in [0.29, 0.717) is 24.0 Å². The minimum atomic E-state index is -0.489. The van der Waals surface area contributed by atoms with Crippen molar-refractivity contribution >= 4 is 56.5 Å². The van der Waals surface area contributed by atoms with Crippen molar-refractivity contribution in [2.24, 2.45) is 4.99 Å². The number of nitrogens with zero attached hydrogens (tertiary/aromatic N) is 1. The normalized spacial score (nSPS) is 14.3. The Hall–Kier alpha value is -2.65. The molecular formula is C25H19BrINO4. The van der Waals surface area contributed by atoms with Gasteiger partial charge < -0.3 is 14.2 Å². The van der Waals surface area contributed by atoms with Crippen LogP contribution in [0.2, 0.25) is 0 Å². The summed E-state index contributed by atoms with van der Waals surface area (Å²) in [5, 5.41) is 0. The predicted molar refractivity (Wildman–Crippen MR) is 136 cm³/mol. The number of carbonyl (C=O) groups is 1. The maximum Gasteiger partial charge on any atom is 0.363 e. The number of ether oxygens (including phenoxy) is 3. The minimum Gasteiger partial charge on any atom is -0.493 e. The number of rotatable bonds is 7. The Morgan fingerprint density at radius 3 is 2.56 bits per heavy atom. The molecule has 0 unspecified atom stereocenters. The first-order valence-electron chi connectivity index (χ1n) is 9.86. The van der Waals surface area contributed by atoms with Crippen LogP contribution in [-0.2, 0) is 16.0 Å². The SMILES string of the molecule is COc1cc(/C=C2\N=C(c3ccc(I)cc3)OC2=O)cc(Br)c1OCCc1ccccc1. The minimum absolute atomic E-state index is 0.227. The summed E-state index contributed by atoms with van der Waals surface area (Å²) in [6, 6.07) is 21.4. The quantitative estimate of drug-likeness (QED) is 0.188. The van der Waals surface area contributed by atoms with E-state index in [9.17, 15) is 4.79 Å². The predicted octanol–water partition coefficient (Wildman–Crippen LogP) is 6.03. The highest BCUT2D eigenvalue weighted by Gasteiger charge is 2.24. The molecule has 0 saturated carbocycles. The molecule has 0 N–H and O–H groups in total. The summed E-state index contributed by atoms with van der Waals surface area (Å²) in [4.78, 5) is 16.7. The third-order valence-corrected chi connectivity index (χ3v) is 6.06. The number of benzene rings is 3. The largest absolute Gasteiger partial charge is 0.493 e. The van der Waals surface area contributed by atoms with E-state index in [-0.39, 0.29) is 5.70 Å². The fourth-order valence-electron chi connectivity index (χ4n) is 3.16. The van der Waals surface area contributed by atoms with Crippen molar-refractivity contribution in [2.45, 2.75) is 6.42 Å². The molecule has 0 aliphatic carbocycles. The zero-order chi connectivity index (χ0) is 22.5. The standard InChI is InChI=1S/C25H19BrINO4/c1-30-22-15-17(13-20(26)23(22)31-12-11-16-5-3-2-4-6-16)14-21-25(29)32-24(28-21)18-7-9-19(27)10-8-18/h2-10,13-15H,11-12H2,1H3/b21-14-. The van der Waals surface area contributed by atoms with Gasteiger partial charge in [-0.2, -0.15) is 0 Å². The van der Waals surface area contributed by atoms with E-state index in [0.717, 1.165) is 25.6 Å². The van der Waals surface area contributed by atoms with E-state index >= 15 is 0 Å². The van der Waals surface area contributed by atoms with Gasteiger partial charge in [0.15, 0.2) is 17.2 Å². The molecule has 1 aliphatic rings. The smallest absolute Gasteiger partial charge is 0.363 e. The summed E-state index contributed by atoms with van der Waals surface area (Å²) in [6.45, 7) is 0.509. The molecule has 0 saturated heterocycles. The van der Waals surface area contributed by atoms with E-state index in [1.54, 1.807) is 19.3 Å². The van der Waals surface area contributed by atoms with Gasteiger partial charge in [-0.3, -0.25) is 0 Å². The van der Waals surface area contributed by atoms with Crippen molar-refractivity contribution in [3.63, 3.8) is 0 Å². The van der Waals surface area contributed by atoms with Gasteiger partial charge in [0.25, 0.3) is 0 Å². The van der Waals surface area contributed by atoms with Crippen LogP contribution in [0.15, 0.2) is 81.9 Å². The highest BCUT2D eigenvalue weighted by molar-refractivity contribution is 14.1. The summed E-state index contributed by atoms with van der Waals surface area (Å²) in [7, 11) is 1.58. The number of cyclic esters (lactones) is 1. The van der Waals surface area contributed by atoms with Crippen molar-refractivity contribution < 1.29 is 19.0 Å². The zero-order valence-corrected chi connectivity index (χ0v) is 20.9. The lowest BCUT2D eigenvalue weighted by Crippen LogP contribution is -2.05. The van der Waals surface area contributed by atoms with Crippen molar-refractivity contribution in [1.29, 1.82) is 0 Å². The van der Waals surface area contributed by atoms with Crippen LogP contribution < -0.4 is 9.47 Å². The third-order valence-electron chi connectivity index (χ3n) is 4.75. The molecule has 3 aromatic carbocycles. The fraction of sp³-hybridized carbons (Fsp3) is 0.120. The van der Waals surface area contributed by atoms with Gasteiger partial charge >= 0.3 is 5.97 Å². The topological polar surface area (TPSA) is 57.1 Å². The zero-order valence-electron chi connectivity index (χ0n) is 17.2. The van der Waals surface area contributed by atoms with Gasteiger partial charge in [0, 0.05) is 15.6 Å². The molecular weight excluding hydrogens is 585 g/mol. The van der Waals surface area contributed by atoms with Gasteiger partial charge in [-0.1, -0.05) is 30.3 Å². The summed E-state index contributed by atoms with van der Waals surface area (Å²) in [6.07, 6.45) is 2.45. The molecule has 1 heterocycles. The van der Waals surface area contributed by atoms with Crippen LogP contribution in [0.3, 0.4) is 0 Å². The van der Waals surface area contributed by atoms with Crippen LogP contribution in [-0.4, -0.2) is 25.6 Å². The second-order valence-electron chi connectivity index (χ2n) is 6.96. The molecule has 4 rings (SSSR count). The van der Waals surface area contributed by atoms with Crippen molar-refractivity contribution in [3.8, 4) is 11.5 Å². The first-order valence-corrected chi connectivity index (χ1v) is 11.7. The molecule has 0 amide bonds. The van der Waals surface area contributed by atoms with Crippen molar-refractivity contribution in [1.82, 2.24) is 0 Å². The maximum absolute atomic E-state index is 12.3. The maximum atomic E-state index is 12.3. The lowest BCUT2D eigenvalue weighted by molar-refractivity contribution is -0.129. The summed E-state index contributed by atoms with van der Waals surface area (Å²) < 4.78 is 18.7.